The van der Waals surface area contributed by atoms with Crippen molar-refractivity contribution in [1.29, 1.82) is 0 Å². The highest BCUT2D eigenvalue weighted by molar-refractivity contribution is 5.38. The lowest BCUT2D eigenvalue weighted by Gasteiger charge is -2.09. The van der Waals surface area contributed by atoms with Crippen molar-refractivity contribution in [3.63, 3.8) is 0 Å². The predicted molar refractivity (Wildman–Crippen MR) is 54.2 cm³/mol. The molecule has 1 heterocycles. The molecule has 0 saturated heterocycles. The lowest BCUT2D eigenvalue weighted by Crippen LogP contribution is -2.31. The third kappa shape index (κ3) is 1.98. The molecule has 0 unspecified atom stereocenters. The topological polar surface area (TPSA) is 75.1 Å². The van der Waals surface area contributed by atoms with Crippen LogP contribution in [0.4, 0.5) is 17.6 Å². The van der Waals surface area contributed by atoms with E-state index in [0.29, 0.717) is 6.07 Å². The zero-order valence-electron chi connectivity index (χ0n) is 8.88. The number of nitrogens with zero attached hydrogens (tertiary/aromatic N) is 1. The third-order valence-corrected chi connectivity index (χ3v) is 2.25. The molecule has 0 aliphatic heterocycles. The van der Waals surface area contributed by atoms with Gasteiger partial charge in [0.2, 0.25) is 11.7 Å². The number of hydrogen-bond donors (Lipinski definition) is 2. The van der Waals surface area contributed by atoms with Crippen LogP contribution in [0.5, 0.6) is 5.88 Å². The van der Waals surface area contributed by atoms with E-state index in [-0.39, 0.29) is 10.6 Å². The molecule has 0 radical (unpaired) electrons. The quantitative estimate of drug-likeness (QED) is 0.597. The summed E-state index contributed by atoms with van der Waals surface area (Å²) in [5.41, 5.74) is -4.07. The molecular formula is C10H4F4N2O3. The summed E-state index contributed by atoms with van der Waals surface area (Å²) >= 11 is 0. The molecule has 0 saturated carbocycles. The standard InChI is InChI=1S/C10H4F4N2O3/c11-3-1-4(12)6(13)5(2-3)16-9(18)7(14)8(17)15-10(16)19/h1-2,18H,(H,15,17,19). The molecule has 0 amide bonds. The highest BCUT2D eigenvalue weighted by Gasteiger charge is 2.20. The molecule has 2 N–H and O–H groups in total. The van der Waals surface area contributed by atoms with E-state index in [1.807, 2.05) is 0 Å². The number of aromatic amines is 1. The Morgan fingerprint density at radius 3 is 2.32 bits per heavy atom. The smallest absolute Gasteiger partial charge is 0.336 e. The summed E-state index contributed by atoms with van der Waals surface area (Å²) in [6, 6.07) is 0.556. The average Bonchev–Trinajstić information content (AvgIpc) is 2.32. The molecular weight excluding hydrogens is 272 g/mol. The van der Waals surface area contributed by atoms with Gasteiger partial charge in [-0.05, 0) is 0 Å². The largest absolute Gasteiger partial charge is 0.492 e. The molecule has 0 bridgehead atoms. The Morgan fingerprint density at radius 1 is 1.05 bits per heavy atom. The fourth-order valence-corrected chi connectivity index (χ4v) is 1.43. The number of rotatable bonds is 1. The van der Waals surface area contributed by atoms with Crippen molar-refractivity contribution in [3.8, 4) is 11.6 Å². The van der Waals surface area contributed by atoms with E-state index in [2.05, 4.69) is 0 Å². The molecule has 0 atom stereocenters. The van der Waals surface area contributed by atoms with Gasteiger partial charge in [-0.3, -0.25) is 9.78 Å². The summed E-state index contributed by atoms with van der Waals surface area (Å²) in [6.45, 7) is 0. The summed E-state index contributed by atoms with van der Waals surface area (Å²) in [5.74, 6) is -7.94. The zero-order chi connectivity index (χ0) is 14.3. The van der Waals surface area contributed by atoms with Crippen molar-refractivity contribution in [1.82, 2.24) is 9.55 Å². The van der Waals surface area contributed by atoms with Crippen LogP contribution >= 0.6 is 0 Å². The summed E-state index contributed by atoms with van der Waals surface area (Å²) in [5, 5.41) is 9.28. The minimum Gasteiger partial charge on any atom is -0.492 e. The number of benzene rings is 1. The lowest BCUT2D eigenvalue weighted by molar-refractivity contribution is 0.381. The molecule has 2 rings (SSSR count). The highest BCUT2D eigenvalue weighted by atomic mass is 19.2. The molecule has 1 aromatic carbocycles. The summed E-state index contributed by atoms with van der Waals surface area (Å²) in [7, 11) is 0. The van der Waals surface area contributed by atoms with Crippen molar-refractivity contribution in [2.45, 2.75) is 0 Å². The van der Waals surface area contributed by atoms with E-state index in [0.717, 1.165) is 0 Å². The van der Waals surface area contributed by atoms with Gasteiger partial charge in [-0.15, -0.1) is 0 Å². The fourth-order valence-electron chi connectivity index (χ4n) is 1.43. The van der Waals surface area contributed by atoms with E-state index in [1.54, 1.807) is 0 Å². The Balaban J connectivity index is 2.92. The molecule has 2 aromatic rings. The highest BCUT2D eigenvalue weighted by Crippen LogP contribution is 2.21. The summed E-state index contributed by atoms with van der Waals surface area (Å²) < 4.78 is 52.4. The van der Waals surface area contributed by atoms with Crippen LogP contribution in [0.25, 0.3) is 5.69 Å². The first kappa shape index (κ1) is 12.9. The monoisotopic (exact) mass is 276 g/mol. The Bertz CT molecular complexity index is 782. The number of H-pyrrole nitrogens is 1. The minimum atomic E-state index is -1.79. The lowest BCUT2D eigenvalue weighted by atomic mass is 10.2. The van der Waals surface area contributed by atoms with Gasteiger partial charge in [0.05, 0.1) is 5.69 Å². The van der Waals surface area contributed by atoms with Crippen molar-refractivity contribution < 1.29 is 22.7 Å². The van der Waals surface area contributed by atoms with Gasteiger partial charge in [0.15, 0.2) is 11.6 Å². The van der Waals surface area contributed by atoms with Crippen LogP contribution in [-0.2, 0) is 0 Å². The predicted octanol–water partition coefficient (Wildman–Crippen LogP) is 0.788. The zero-order valence-corrected chi connectivity index (χ0v) is 8.88. The van der Waals surface area contributed by atoms with Gasteiger partial charge >= 0.3 is 5.69 Å². The Hall–Kier alpha value is -2.58. The van der Waals surface area contributed by atoms with Gasteiger partial charge in [-0.2, -0.15) is 4.39 Å². The van der Waals surface area contributed by atoms with Gasteiger partial charge in [0.25, 0.3) is 5.56 Å². The van der Waals surface area contributed by atoms with Crippen LogP contribution in [0.15, 0.2) is 21.7 Å². The second kappa shape index (κ2) is 4.26. The Labute approximate surface area is 101 Å². The number of aromatic hydroxyl groups is 1. The average molecular weight is 276 g/mol. The molecule has 19 heavy (non-hydrogen) atoms. The van der Waals surface area contributed by atoms with Gasteiger partial charge in [0, 0.05) is 12.1 Å². The Morgan fingerprint density at radius 2 is 1.68 bits per heavy atom. The maximum Gasteiger partial charge on any atom is 0.336 e. The van der Waals surface area contributed by atoms with Gasteiger partial charge in [-0.1, -0.05) is 0 Å². The summed E-state index contributed by atoms with van der Waals surface area (Å²) in [6.07, 6.45) is 0. The second-order valence-electron chi connectivity index (χ2n) is 3.45. The first-order valence-corrected chi connectivity index (χ1v) is 4.71. The number of hydrogen-bond acceptors (Lipinski definition) is 3. The molecule has 5 nitrogen and oxygen atoms in total. The number of nitrogens with one attached hydrogen (secondary N) is 1. The van der Waals surface area contributed by atoms with E-state index in [9.17, 15) is 32.3 Å². The van der Waals surface area contributed by atoms with Gasteiger partial charge < -0.3 is 5.11 Å². The van der Waals surface area contributed by atoms with Gasteiger partial charge in [0.1, 0.15) is 5.82 Å². The van der Waals surface area contributed by atoms with Crippen LogP contribution in [0, 0.1) is 23.3 Å². The van der Waals surface area contributed by atoms with Crippen LogP contribution in [0.3, 0.4) is 0 Å². The molecule has 1 aromatic heterocycles. The van der Waals surface area contributed by atoms with E-state index >= 15 is 0 Å². The molecule has 9 heteroatoms. The molecule has 0 aliphatic rings. The van der Waals surface area contributed by atoms with Crippen LogP contribution in [-0.4, -0.2) is 14.7 Å². The normalized spacial score (nSPS) is 10.7. The Kier molecular flexibility index (Phi) is 2.89. The van der Waals surface area contributed by atoms with Crippen molar-refractivity contribution in [2.75, 3.05) is 0 Å². The number of aromatic nitrogens is 2. The minimum absolute atomic E-state index is 0.0990. The van der Waals surface area contributed by atoms with Crippen molar-refractivity contribution in [3.05, 3.63) is 56.2 Å². The second-order valence-corrected chi connectivity index (χ2v) is 3.45. The molecule has 100 valence electrons. The first-order chi connectivity index (χ1) is 8.82. The molecule has 0 aliphatic carbocycles. The van der Waals surface area contributed by atoms with Gasteiger partial charge in [-0.25, -0.2) is 22.5 Å². The van der Waals surface area contributed by atoms with Crippen LogP contribution in [0.1, 0.15) is 0 Å². The van der Waals surface area contributed by atoms with Crippen molar-refractivity contribution >= 4 is 0 Å². The first-order valence-electron chi connectivity index (χ1n) is 4.71. The van der Waals surface area contributed by atoms with Crippen LogP contribution < -0.4 is 11.2 Å². The summed E-state index contributed by atoms with van der Waals surface area (Å²) in [4.78, 5) is 23.6. The van der Waals surface area contributed by atoms with E-state index in [4.69, 9.17) is 0 Å². The molecule has 0 spiro atoms. The SMILES string of the molecule is O=c1[nH]c(=O)n(-c2cc(F)cc(F)c2F)c(O)c1F. The van der Waals surface area contributed by atoms with E-state index in [1.165, 1.54) is 4.98 Å². The number of halogens is 4. The van der Waals surface area contributed by atoms with E-state index < -0.39 is 46.1 Å². The molecule has 0 fully saturated rings. The maximum absolute atomic E-state index is 13.4. The maximum atomic E-state index is 13.4. The third-order valence-electron chi connectivity index (χ3n) is 2.25. The fraction of sp³-hybridized carbons (Fsp3) is 0. The van der Waals surface area contributed by atoms with Crippen LogP contribution in [0.2, 0.25) is 0 Å². The van der Waals surface area contributed by atoms with Crippen molar-refractivity contribution in [2.24, 2.45) is 0 Å².